The summed E-state index contributed by atoms with van der Waals surface area (Å²) < 4.78 is 16.1. The van der Waals surface area contributed by atoms with Gasteiger partial charge in [-0.3, -0.25) is 9.36 Å². The predicted molar refractivity (Wildman–Crippen MR) is 102 cm³/mol. The molecule has 2 heterocycles. The molecule has 27 heavy (non-hydrogen) atoms. The fourth-order valence-corrected chi connectivity index (χ4v) is 4.21. The van der Waals surface area contributed by atoms with Crippen LogP contribution < -0.4 is 5.32 Å². The van der Waals surface area contributed by atoms with Gasteiger partial charge in [0.2, 0.25) is 5.91 Å². The maximum absolute atomic E-state index is 14.2. The number of nitriles is 1. The van der Waals surface area contributed by atoms with Crippen LogP contribution in [0.3, 0.4) is 0 Å². The highest BCUT2D eigenvalue weighted by Crippen LogP contribution is 2.41. The molecule has 0 bridgehead atoms. The maximum Gasteiger partial charge on any atom is 0.235 e. The van der Waals surface area contributed by atoms with E-state index in [0.717, 1.165) is 12.8 Å². The van der Waals surface area contributed by atoms with Gasteiger partial charge in [-0.25, -0.2) is 4.39 Å². The molecule has 1 aliphatic rings. The minimum Gasteiger partial charge on any atom is -0.316 e. The van der Waals surface area contributed by atoms with Gasteiger partial charge in [0.05, 0.1) is 16.9 Å². The van der Waals surface area contributed by atoms with Gasteiger partial charge >= 0.3 is 0 Å². The van der Waals surface area contributed by atoms with E-state index in [9.17, 15) is 9.18 Å². The lowest BCUT2D eigenvalue weighted by Gasteiger charge is -2.09. The number of benzene rings is 1. The van der Waals surface area contributed by atoms with Crippen molar-refractivity contribution in [3.8, 4) is 17.5 Å². The van der Waals surface area contributed by atoms with Crippen molar-refractivity contribution < 1.29 is 9.18 Å². The van der Waals surface area contributed by atoms with Crippen LogP contribution in [-0.2, 0) is 4.79 Å². The molecule has 0 spiro atoms. The predicted octanol–water partition coefficient (Wildman–Crippen LogP) is 4.08. The molecule has 1 aliphatic carbocycles. The van der Waals surface area contributed by atoms with E-state index in [2.05, 4.69) is 15.5 Å². The summed E-state index contributed by atoms with van der Waals surface area (Å²) >= 11 is 2.56. The number of aromatic nitrogens is 3. The number of thiophene rings is 1. The number of hydrogen-bond acceptors (Lipinski definition) is 6. The Morgan fingerprint density at radius 2 is 2.19 bits per heavy atom. The zero-order valence-corrected chi connectivity index (χ0v) is 15.7. The standard InChI is InChI=1S/C18H14FN5OS2/c19-14-4-2-1-3-13(14)16-22-23-18(24(16)12-5-6-12)27-10-15(25)21-17-11(9-20)7-8-26-17/h1-4,7-8,12H,5-6,10H2,(H,21,25). The van der Waals surface area contributed by atoms with E-state index < -0.39 is 0 Å². The maximum atomic E-state index is 14.2. The summed E-state index contributed by atoms with van der Waals surface area (Å²) in [6.07, 6.45) is 1.97. The highest BCUT2D eigenvalue weighted by atomic mass is 32.2. The summed E-state index contributed by atoms with van der Waals surface area (Å²) in [4.78, 5) is 12.2. The Kier molecular flexibility index (Phi) is 4.92. The lowest BCUT2D eigenvalue weighted by atomic mass is 10.2. The second-order valence-corrected chi connectivity index (χ2v) is 7.86. The van der Waals surface area contributed by atoms with Crippen molar-refractivity contribution in [3.05, 3.63) is 47.1 Å². The molecule has 1 amide bonds. The number of thioether (sulfide) groups is 1. The molecule has 0 unspecified atom stereocenters. The van der Waals surface area contributed by atoms with E-state index >= 15 is 0 Å². The minimum atomic E-state index is -0.345. The molecule has 1 N–H and O–H groups in total. The van der Waals surface area contributed by atoms with Gasteiger partial charge in [0.25, 0.3) is 0 Å². The fraction of sp³-hybridized carbons (Fsp3) is 0.222. The van der Waals surface area contributed by atoms with Gasteiger partial charge in [-0.2, -0.15) is 5.26 Å². The van der Waals surface area contributed by atoms with Crippen LogP contribution in [0.2, 0.25) is 0 Å². The van der Waals surface area contributed by atoms with E-state index in [-0.39, 0.29) is 23.5 Å². The van der Waals surface area contributed by atoms with E-state index in [1.54, 1.807) is 29.6 Å². The molecular formula is C18H14FN5OS2. The molecule has 1 saturated carbocycles. The topological polar surface area (TPSA) is 83.6 Å². The summed E-state index contributed by atoms with van der Waals surface area (Å²) in [5.74, 6) is 0.0494. The van der Waals surface area contributed by atoms with E-state index in [1.807, 2.05) is 10.6 Å². The first-order valence-electron chi connectivity index (χ1n) is 8.27. The van der Waals surface area contributed by atoms with Crippen LogP contribution in [0.15, 0.2) is 40.9 Å². The van der Waals surface area contributed by atoms with Gasteiger partial charge in [0, 0.05) is 6.04 Å². The number of nitrogens with one attached hydrogen (secondary N) is 1. The van der Waals surface area contributed by atoms with Gasteiger partial charge in [0.15, 0.2) is 11.0 Å². The summed E-state index contributed by atoms with van der Waals surface area (Å²) in [6, 6.07) is 10.4. The number of anilines is 1. The van der Waals surface area contributed by atoms with E-state index in [1.165, 1.54) is 29.2 Å². The fourth-order valence-electron chi connectivity index (χ4n) is 2.65. The lowest BCUT2D eigenvalue weighted by Crippen LogP contribution is -2.14. The smallest absolute Gasteiger partial charge is 0.235 e. The van der Waals surface area contributed by atoms with Crippen molar-refractivity contribution in [2.45, 2.75) is 24.0 Å². The molecule has 136 valence electrons. The van der Waals surface area contributed by atoms with Crippen molar-refractivity contribution in [1.29, 1.82) is 5.26 Å². The Labute approximate surface area is 163 Å². The average molecular weight is 399 g/mol. The molecule has 2 aromatic heterocycles. The third kappa shape index (κ3) is 3.72. The van der Waals surface area contributed by atoms with Crippen LogP contribution in [0, 0.1) is 17.1 Å². The highest BCUT2D eigenvalue weighted by Gasteiger charge is 2.31. The first-order chi connectivity index (χ1) is 13.2. The Bertz CT molecular complexity index is 1030. The average Bonchev–Trinajstić information content (AvgIpc) is 3.26. The van der Waals surface area contributed by atoms with Crippen LogP contribution in [0.25, 0.3) is 11.4 Å². The zero-order chi connectivity index (χ0) is 18.8. The molecular weight excluding hydrogens is 385 g/mol. The first kappa shape index (κ1) is 17.7. The molecule has 0 saturated heterocycles. The molecule has 0 radical (unpaired) electrons. The summed E-state index contributed by atoms with van der Waals surface area (Å²) in [7, 11) is 0. The Morgan fingerprint density at radius 3 is 2.93 bits per heavy atom. The normalized spacial score (nSPS) is 13.3. The SMILES string of the molecule is N#Cc1ccsc1NC(=O)CSc1nnc(-c2ccccc2F)n1C1CC1. The van der Waals surface area contributed by atoms with Crippen LogP contribution in [0.1, 0.15) is 24.4 Å². The number of hydrogen-bond donors (Lipinski definition) is 1. The molecule has 4 rings (SSSR count). The second-order valence-electron chi connectivity index (χ2n) is 6.00. The summed E-state index contributed by atoms with van der Waals surface area (Å²) in [5.41, 5.74) is 0.854. The molecule has 1 fully saturated rings. The third-order valence-corrected chi connectivity index (χ3v) is 5.84. The number of amides is 1. The molecule has 0 aliphatic heterocycles. The molecule has 9 heteroatoms. The quantitative estimate of drug-likeness (QED) is 0.632. The Balaban J connectivity index is 1.51. The van der Waals surface area contributed by atoms with Crippen LogP contribution in [0.5, 0.6) is 0 Å². The number of halogens is 1. The van der Waals surface area contributed by atoms with E-state index in [0.29, 0.717) is 27.1 Å². The number of nitrogens with zero attached hydrogens (tertiary/aromatic N) is 4. The first-order valence-corrected chi connectivity index (χ1v) is 10.1. The minimum absolute atomic E-state index is 0.130. The van der Waals surface area contributed by atoms with Crippen LogP contribution in [-0.4, -0.2) is 26.4 Å². The van der Waals surface area contributed by atoms with Crippen molar-refractivity contribution in [1.82, 2.24) is 14.8 Å². The van der Waals surface area contributed by atoms with Gasteiger partial charge in [-0.1, -0.05) is 23.9 Å². The van der Waals surface area contributed by atoms with Gasteiger partial charge in [-0.05, 0) is 36.4 Å². The van der Waals surface area contributed by atoms with E-state index in [4.69, 9.17) is 5.26 Å². The molecule has 6 nitrogen and oxygen atoms in total. The van der Waals surface area contributed by atoms with Crippen molar-refractivity contribution in [2.75, 3.05) is 11.1 Å². The Morgan fingerprint density at radius 1 is 1.37 bits per heavy atom. The second kappa shape index (κ2) is 7.50. The highest BCUT2D eigenvalue weighted by molar-refractivity contribution is 7.99. The summed E-state index contributed by atoms with van der Waals surface area (Å²) in [5, 5.41) is 23.0. The van der Waals surface area contributed by atoms with Crippen molar-refractivity contribution in [3.63, 3.8) is 0 Å². The van der Waals surface area contributed by atoms with Crippen molar-refractivity contribution in [2.24, 2.45) is 0 Å². The van der Waals surface area contributed by atoms with Crippen LogP contribution >= 0.6 is 23.1 Å². The molecule has 3 aromatic rings. The van der Waals surface area contributed by atoms with Crippen molar-refractivity contribution >= 4 is 34.0 Å². The number of rotatable bonds is 6. The third-order valence-electron chi connectivity index (χ3n) is 4.06. The monoisotopic (exact) mass is 399 g/mol. The lowest BCUT2D eigenvalue weighted by molar-refractivity contribution is -0.113. The molecule has 1 aromatic carbocycles. The Hall–Kier alpha value is -2.70. The molecule has 0 atom stereocenters. The number of carbonyl (C=O) groups is 1. The van der Waals surface area contributed by atoms with Gasteiger partial charge in [-0.15, -0.1) is 21.5 Å². The van der Waals surface area contributed by atoms with Gasteiger partial charge in [0.1, 0.15) is 16.9 Å². The van der Waals surface area contributed by atoms with Gasteiger partial charge < -0.3 is 5.32 Å². The number of carbonyl (C=O) groups excluding carboxylic acids is 1. The zero-order valence-electron chi connectivity index (χ0n) is 14.1. The van der Waals surface area contributed by atoms with Crippen LogP contribution in [0.4, 0.5) is 9.39 Å². The summed E-state index contributed by atoms with van der Waals surface area (Å²) in [6.45, 7) is 0. The largest absolute Gasteiger partial charge is 0.316 e.